The van der Waals surface area contributed by atoms with Crippen LogP contribution in [0.5, 0.6) is 5.75 Å². The molecule has 1 saturated carbocycles. The van der Waals surface area contributed by atoms with Gasteiger partial charge in [0.25, 0.3) is 5.91 Å². The summed E-state index contributed by atoms with van der Waals surface area (Å²) in [4.78, 5) is 27.2. The number of nitrogens with one attached hydrogen (secondary N) is 1. The molecular formula is C23H31N3O4. The Balaban J connectivity index is 1.58. The fourth-order valence-corrected chi connectivity index (χ4v) is 3.80. The lowest BCUT2D eigenvalue weighted by Crippen LogP contribution is -2.37. The van der Waals surface area contributed by atoms with Gasteiger partial charge in [-0.05, 0) is 36.5 Å². The molecular weight excluding hydrogens is 382 g/mol. The van der Waals surface area contributed by atoms with E-state index in [0.29, 0.717) is 31.3 Å². The minimum Gasteiger partial charge on any atom is -0.497 e. The van der Waals surface area contributed by atoms with E-state index >= 15 is 0 Å². The second-order valence-corrected chi connectivity index (χ2v) is 8.30. The molecule has 3 rings (SSSR count). The van der Waals surface area contributed by atoms with Crippen LogP contribution in [0, 0.1) is 11.8 Å². The van der Waals surface area contributed by atoms with Gasteiger partial charge in [-0.15, -0.1) is 0 Å². The number of hydrogen-bond acceptors (Lipinski definition) is 5. The quantitative estimate of drug-likeness (QED) is 0.676. The number of carbonyl (C=O) groups is 2. The average Bonchev–Trinajstić information content (AvgIpc) is 3.43. The van der Waals surface area contributed by atoms with Gasteiger partial charge >= 0.3 is 0 Å². The highest BCUT2D eigenvalue weighted by Gasteiger charge is 2.28. The first kappa shape index (κ1) is 21.9. The van der Waals surface area contributed by atoms with E-state index in [1.165, 1.54) is 0 Å². The lowest BCUT2D eigenvalue weighted by Gasteiger charge is -2.26. The molecule has 2 aromatic rings. The van der Waals surface area contributed by atoms with Crippen LogP contribution in [-0.4, -0.2) is 35.5 Å². The van der Waals surface area contributed by atoms with E-state index in [-0.39, 0.29) is 23.4 Å². The first-order valence-electron chi connectivity index (χ1n) is 10.6. The van der Waals surface area contributed by atoms with Crippen LogP contribution in [0.1, 0.15) is 61.3 Å². The molecule has 1 heterocycles. The summed E-state index contributed by atoms with van der Waals surface area (Å²) < 4.78 is 10.5. The topological polar surface area (TPSA) is 84.7 Å². The molecule has 1 aromatic carbocycles. The molecule has 0 aliphatic heterocycles. The standard InChI is InChI=1S/C23H31N3O4/c1-16(2)14-26(23(28)18-6-4-5-7-18)15-20-12-21(25-30-20)22(27)24-13-17-8-10-19(29-3)11-9-17/h8-12,16,18H,4-7,13-15H2,1-3H3,(H,24,27). The monoisotopic (exact) mass is 413 g/mol. The largest absolute Gasteiger partial charge is 0.497 e. The molecule has 7 nitrogen and oxygen atoms in total. The molecule has 2 amide bonds. The van der Waals surface area contributed by atoms with Crippen molar-refractivity contribution in [2.75, 3.05) is 13.7 Å². The van der Waals surface area contributed by atoms with Crippen molar-refractivity contribution in [3.05, 3.63) is 47.3 Å². The van der Waals surface area contributed by atoms with Crippen molar-refractivity contribution in [1.29, 1.82) is 0 Å². The number of nitrogens with zero attached hydrogens (tertiary/aromatic N) is 2. The third kappa shape index (κ3) is 5.84. The highest BCUT2D eigenvalue weighted by molar-refractivity contribution is 5.92. The van der Waals surface area contributed by atoms with Gasteiger partial charge in [-0.25, -0.2) is 0 Å². The molecule has 0 unspecified atom stereocenters. The Morgan fingerprint density at radius 1 is 1.23 bits per heavy atom. The normalized spacial score (nSPS) is 14.1. The summed E-state index contributed by atoms with van der Waals surface area (Å²) in [5.74, 6) is 1.63. The second kappa shape index (κ2) is 10.3. The van der Waals surface area contributed by atoms with Crippen LogP contribution < -0.4 is 10.1 Å². The molecule has 0 spiro atoms. The third-order valence-corrected chi connectivity index (χ3v) is 5.35. The predicted octanol–water partition coefficient (Wildman–Crippen LogP) is 3.79. The van der Waals surface area contributed by atoms with Gasteiger partial charge < -0.3 is 19.5 Å². The van der Waals surface area contributed by atoms with Crippen molar-refractivity contribution < 1.29 is 18.8 Å². The molecule has 1 fully saturated rings. The van der Waals surface area contributed by atoms with E-state index in [9.17, 15) is 9.59 Å². The number of carbonyl (C=O) groups excluding carboxylic acids is 2. The molecule has 1 aliphatic rings. The van der Waals surface area contributed by atoms with Gasteiger partial charge in [0.2, 0.25) is 5.91 Å². The highest BCUT2D eigenvalue weighted by Crippen LogP contribution is 2.27. The molecule has 7 heteroatoms. The zero-order valence-corrected chi connectivity index (χ0v) is 18.0. The molecule has 30 heavy (non-hydrogen) atoms. The fourth-order valence-electron chi connectivity index (χ4n) is 3.80. The Labute approximate surface area is 177 Å². The Morgan fingerprint density at radius 2 is 1.93 bits per heavy atom. The molecule has 0 bridgehead atoms. The van der Waals surface area contributed by atoms with Gasteiger partial charge in [-0.1, -0.05) is 44.0 Å². The summed E-state index contributed by atoms with van der Waals surface area (Å²) in [6.07, 6.45) is 4.16. The third-order valence-electron chi connectivity index (χ3n) is 5.35. The maximum absolute atomic E-state index is 12.9. The number of methoxy groups -OCH3 is 1. The summed E-state index contributed by atoms with van der Waals surface area (Å²) in [6, 6.07) is 9.11. The van der Waals surface area contributed by atoms with Gasteiger partial charge in [-0.2, -0.15) is 0 Å². The molecule has 0 saturated heterocycles. The van der Waals surface area contributed by atoms with Crippen molar-refractivity contribution in [3.8, 4) is 5.75 Å². The number of hydrogen-bond donors (Lipinski definition) is 1. The van der Waals surface area contributed by atoms with E-state index in [2.05, 4.69) is 24.3 Å². The molecule has 1 aliphatic carbocycles. The van der Waals surface area contributed by atoms with Crippen LogP contribution in [-0.2, 0) is 17.9 Å². The zero-order valence-electron chi connectivity index (χ0n) is 18.0. The van der Waals surface area contributed by atoms with Crippen molar-refractivity contribution in [3.63, 3.8) is 0 Å². The van der Waals surface area contributed by atoms with E-state index in [1.807, 2.05) is 29.2 Å². The van der Waals surface area contributed by atoms with Gasteiger partial charge in [0.1, 0.15) is 5.75 Å². The summed E-state index contributed by atoms with van der Waals surface area (Å²) in [5.41, 5.74) is 1.18. The molecule has 162 valence electrons. The van der Waals surface area contributed by atoms with Crippen molar-refractivity contribution in [2.45, 2.75) is 52.6 Å². The van der Waals surface area contributed by atoms with E-state index in [1.54, 1.807) is 13.2 Å². The lowest BCUT2D eigenvalue weighted by atomic mass is 10.1. The highest BCUT2D eigenvalue weighted by atomic mass is 16.5. The Kier molecular flexibility index (Phi) is 7.49. The number of aromatic nitrogens is 1. The average molecular weight is 414 g/mol. The summed E-state index contributed by atoms with van der Waals surface area (Å²) in [5, 5.41) is 6.74. The van der Waals surface area contributed by atoms with Crippen molar-refractivity contribution in [1.82, 2.24) is 15.4 Å². The van der Waals surface area contributed by atoms with Crippen LogP contribution in [0.3, 0.4) is 0 Å². The van der Waals surface area contributed by atoms with Crippen LogP contribution in [0.2, 0.25) is 0 Å². The number of benzene rings is 1. The van der Waals surface area contributed by atoms with Gasteiger partial charge in [0.15, 0.2) is 11.5 Å². The van der Waals surface area contributed by atoms with Gasteiger partial charge in [0.05, 0.1) is 13.7 Å². The van der Waals surface area contributed by atoms with Crippen LogP contribution in [0.4, 0.5) is 0 Å². The van der Waals surface area contributed by atoms with Crippen molar-refractivity contribution in [2.24, 2.45) is 11.8 Å². The van der Waals surface area contributed by atoms with E-state index in [4.69, 9.17) is 9.26 Å². The zero-order chi connectivity index (χ0) is 21.5. The van der Waals surface area contributed by atoms with Gasteiger partial charge in [-0.3, -0.25) is 9.59 Å². The summed E-state index contributed by atoms with van der Waals surface area (Å²) in [7, 11) is 1.61. The first-order chi connectivity index (χ1) is 14.5. The van der Waals surface area contributed by atoms with E-state index in [0.717, 1.165) is 37.0 Å². The van der Waals surface area contributed by atoms with Crippen LogP contribution in [0.15, 0.2) is 34.9 Å². The Hall–Kier alpha value is -2.83. The fraction of sp³-hybridized carbons (Fsp3) is 0.522. The lowest BCUT2D eigenvalue weighted by molar-refractivity contribution is -0.136. The van der Waals surface area contributed by atoms with Crippen molar-refractivity contribution >= 4 is 11.8 Å². The maximum Gasteiger partial charge on any atom is 0.273 e. The minimum absolute atomic E-state index is 0.110. The summed E-state index contributed by atoms with van der Waals surface area (Å²) >= 11 is 0. The number of amides is 2. The molecule has 1 aromatic heterocycles. The molecule has 0 atom stereocenters. The SMILES string of the molecule is COc1ccc(CNC(=O)c2cc(CN(CC(C)C)C(=O)C3CCCC3)on2)cc1. The second-order valence-electron chi connectivity index (χ2n) is 8.30. The van der Waals surface area contributed by atoms with Crippen LogP contribution in [0.25, 0.3) is 0 Å². The molecule has 0 radical (unpaired) electrons. The number of ether oxygens (including phenoxy) is 1. The first-order valence-corrected chi connectivity index (χ1v) is 10.6. The Bertz CT molecular complexity index is 838. The van der Waals surface area contributed by atoms with Crippen LogP contribution >= 0.6 is 0 Å². The Morgan fingerprint density at radius 3 is 2.57 bits per heavy atom. The summed E-state index contributed by atoms with van der Waals surface area (Å²) in [6.45, 7) is 5.56. The predicted molar refractivity (Wildman–Crippen MR) is 113 cm³/mol. The number of rotatable bonds is 9. The smallest absolute Gasteiger partial charge is 0.273 e. The minimum atomic E-state index is -0.307. The maximum atomic E-state index is 12.9. The molecule has 1 N–H and O–H groups in total. The van der Waals surface area contributed by atoms with E-state index < -0.39 is 0 Å². The van der Waals surface area contributed by atoms with Gasteiger partial charge in [0, 0.05) is 25.1 Å².